The Hall–Kier alpha value is -3.03. The van der Waals surface area contributed by atoms with Crippen LogP contribution in [0.4, 0.5) is 18.9 Å². The van der Waals surface area contributed by atoms with Crippen LogP contribution >= 0.6 is 12.1 Å². The van der Waals surface area contributed by atoms with Crippen LogP contribution in [0.25, 0.3) is 5.70 Å². The Bertz CT molecular complexity index is 1010. The van der Waals surface area contributed by atoms with Crippen molar-refractivity contribution in [2.45, 2.75) is 39.5 Å². The molecule has 35 heavy (non-hydrogen) atoms. The number of alkyl halides is 2. The number of allylic oxidation sites excluding steroid dienone is 1. The first-order chi connectivity index (χ1) is 16.9. The van der Waals surface area contributed by atoms with Crippen LogP contribution in [-0.4, -0.2) is 30.5 Å². The second-order valence-corrected chi connectivity index (χ2v) is 8.77. The predicted octanol–water partition coefficient (Wildman–Crippen LogP) is 6.14. The van der Waals surface area contributed by atoms with Crippen molar-refractivity contribution in [2.75, 3.05) is 17.4 Å². The Morgan fingerprint density at radius 3 is 2.37 bits per heavy atom. The lowest BCUT2D eigenvalue weighted by Gasteiger charge is -2.33. The number of anilines is 1. The number of nitrogens with one attached hydrogen (secondary N) is 2. The van der Waals surface area contributed by atoms with Gasteiger partial charge in [-0.25, -0.2) is 22.7 Å². The molecular formula is C25H31BF3N5S. The van der Waals surface area contributed by atoms with E-state index in [0.29, 0.717) is 17.7 Å². The molecule has 10 heteroatoms. The number of hydrazine groups is 1. The van der Waals surface area contributed by atoms with Gasteiger partial charge in [0.25, 0.3) is 13.1 Å². The molecular weight excluding hydrogens is 470 g/mol. The first-order valence-corrected chi connectivity index (χ1v) is 12.2. The molecule has 0 aliphatic carbocycles. The number of hydrogen-bond acceptors (Lipinski definition) is 6. The summed E-state index contributed by atoms with van der Waals surface area (Å²) in [6.07, 6.45) is -1.09. The summed E-state index contributed by atoms with van der Waals surface area (Å²) in [5.41, 5.74) is 6.40. The van der Waals surface area contributed by atoms with Gasteiger partial charge in [-0.05, 0) is 30.8 Å². The Labute approximate surface area is 211 Å². The average molecular weight is 501 g/mol. The zero-order chi connectivity index (χ0) is 25.8. The molecule has 5 nitrogen and oxygen atoms in total. The first-order valence-electron chi connectivity index (χ1n) is 11.5. The maximum atomic E-state index is 15.0. The summed E-state index contributed by atoms with van der Waals surface area (Å²) in [4.78, 5) is 0. The number of para-hydroxylation sites is 1. The fraction of sp³-hybridized carbons (Fsp3) is 0.320. The molecule has 1 fully saturated rings. The number of rotatable bonds is 10. The summed E-state index contributed by atoms with van der Waals surface area (Å²) >= 11 is 1.53. The molecule has 1 saturated heterocycles. The smallest absolute Gasteiger partial charge is 0.279 e. The van der Waals surface area contributed by atoms with Crippen LogP contribution in [0.15, 0.2) is 67.4 Å². The molecule has 0 spiro atoms. The van der Waals surface area contributed by atoms with Gasteiger partial charge < -0.3 is 5.43 Å². The Kier molecular flexibility index (Phi) is 11.6. The van der Waals surface area contributed by atoms with E-state index < -0.39 is 17.9 Å². The second kappa shape index (κ2) is 14.4. The van der Waals surface area contributed by atoms with Crippen LogP contribution < -0.4 is 15.2 Å². The summed E-state index contributed by atoms with van der Waals surface area (Å²) in [5.74, 6) is 1.91. The number of nitriles is 1. The Balaban J connectivity index is 0.00000210. The maximum Gasteiger partial charge on any atom is 0.279 e. The van der Waals surface area contributed by atoms with E-state index in [1.807, 2.05) is 48.5 Å². The molecule has 1 aliphatic heterocycles. The molecule has 2 aromatic rings. The molecule has 3 rings (SSSR count). The van der Waals surface area contributed by atoms with Crippen LogP contribution in [0.3, 0.4) is 0 Å². The van der Waals surface area contributed by atoms with Gasteiger partial charge in [0.15, 0.2) is 0 Å². The molecule has 0 atom stereocenters. The zero-order valence-electron chi connectivity index (χ0n) is 20.1. The van der Waals surface area contributed by atoms with Crippen molar-refractivity contribution in [3.63, 3.8) is 0 Å². The quantitative estimate of drug-likeness (QED) is 0.232. The molecule has 0 aromatic heterocycles. The third-order valence-electron chi connectivity index (χ3n) is 5.25. The van der Waals surface area contributed by atoms with Crippen LogP contribution in [0, 0.1) is 17.0 Å². The third kappa shape index (κ3) is 8.60. The maximum absolute atomic E-state index is 15.0. The van der Waals surface area contributed by atoms with Crippen LogP contribution in [0.1, 0.15) is 25.0 Å². The fourth-order valence-corrected chi connectivity index (χ4v) is 4.33. The van der Waals surface area contributed by atoms with E-state index in [0.717, 1.165) is 31.4 Å². The topological polar surface area (TPSA) is 54.3 Å². The highest BCUT2D eigenvalue weighted by Gasteiger charge is 2.25. The Morgan fingerprint density at radius 1 is 1.14 bits per heavy atom. The standard InChI is InChI=1S/C23H25BF3N5S.C2H6/c1-17(29-30-18(2)23(26)27)19-8-9-20(22(25)14-19)15-32(21-6-4-3-5-7-21)33-31-12-10-24(16-28)11-13-31;1-2/h3-9,14,23,29-30H,1-2,10-13,15H2;1-2H3. The molecule has 0 saturated carbocycles. The molecule has 0 radical (unpaired) electrons. The van der Waals surface area contributed by atoms with E-state index in [9.17, 15) is 13.2 Å². The minimum atomic E-state index is -2.73. The highest BCUT2D eigenvalue weighted by Crippen LogP contribution is 2.30. The second-order valence-electron chi connectivity index (χ2n) is 7.65. The van der Waals surface area contributed by atoms with Crippen molar-refractivity contribution >= 4 is 30.2 Å². The number of benzene rings is 2. The first kappa shape index (κ1) is 28.2. The van der Waals surface area contributed by atoms with Crippen molar-refractivity contribution in [1.29, 1.82) is 5.26 Å². The van der Waals surface area contributed by atoms with E-state index in [1.54, 1.807) is 12.1 Å². The van der Waals surface area contributed by atoms with Crippen molar-refractivity contribution in [3.05, 3.63) is 84.3 Å². The van der Waals surface area contributed by atoms with E-state index >= 15 is 0 Å². The largest absolute Gasteiger partial charge is 0.301 e. The molecule has 0 bridgehead atoms. The monoisotopic (exact) mass is 501 g/mol. The van der Waals surface area contributed by atoms with Gasteiger partial charge in [-0.1, -0.05) is 57.3 Å². The highest BCUT2D eigenvalue weighted by molar-refractivity contribution is 7.98. The number of nitrogens with zero attached hydrogens (tertiary/aromatic N) is 3. The van der Waals surface area contributed by atoms with Crippen molar-refractivity contribution in [2.24, 2.45) is 0 Å². The van der Waals surface area contributed by atoms with Gasteiger partial charge in [-0.3, -0.25) is 9.73 Å². The van der Waals surface area contributed by atoms with Gasteiger partial charge in [0.2, 0.25) is 0 Å². The number of hydrogen-bond donors (Lipinski definition) is 2. The lowest BCUT2D eigenvalue weighted by molar-refractivity contribution is 0.179. The SMILES string of the molecule is C=C(NNC(=C)C(F)F)c1ccc(CN(SN2CCB(C#N)CC2)c2ccccc2)c(F)c1.CC. The van der Waals surface area contributed by atoms with Gasteiger partial charge in [-0.15, -0.1) is 0 Å². The lowest BCUT2D eigenvalue weighted by atomic mass is 9.45. The van der Waals surface area contributed by atoms with Crippen LogP contribution in [0.5, 0.6) is 0 Å². The molecule has 0 unspecified atom stereocenters. The minimum Gasteiger partial charge on any atom is -0.301 e. The summed E-state index contributed by atoms with van der Waals surface area (Å²) in [5, 5.41) is 9.13. The predicted molar refractivity (Wildman–Crippen MR) is 141 cm³/mol. The third-order valence-corrected chi connectivity index (χ3v) is 6.38. The number of halogens is 3. The van der Waals surface area contributed by atoms with E-state index in [1.165, 1.54) is 18.2 Å². The van der Waals surface area contributed by atoms with Gasteiger partial charge >= 0.3 is 0 Å². The summed E-state index contributed by atoms with van der Waals surface area (Å²) in [7, 11) is 0. The lowest BCUT2D eigenvalue weighted by Crippen LogP contribution is -2.35. The molecule has 2 N–H and O–H groups in total. The van der Waals surface area contributed by atoms with Gasteiger partial charge in [-0.2, -0.15) is 0 Å². The van der Waals surface area contributed by atoms with Crippen molar-refractivity contribution in [1.82, 2.24) is 15.2 Å². The molecule has 2 aromatic carbocycles. The summed E-state index contributed by atoms with van der Waals surface area (Å²) < 4.78 is 44.3. The van der Waals surface area contributed by atoms with Crippen molar-refractivity contribution in [3.8, 4) is 5.97 Å². The fourth-order valence-electron chi connectivity index (χ4n) is 3.27. The summed E-state index contributed by atoms with van der Waals surface area (Å²) in [6, 6.07) is 14.4. The minimum absolute atomic E-state index is 0.0890. The van der Waals surface area contributed by atoms with Gasteiger partial charge in [0.05, 0.1) is 17.9 Å². The molecule has 1 aliphatic rings. The van der Waals surface area contributed by atoms with Gasteiger partial charge in [0.1, 0.15) is 5.82 Å². The van der Waals surface area contributed by atoms with Crippen LogP contribution in [0.2, 0.25) is 12.6 Å². The van der Waals surface area contributed by atoms with E-state index in [-0.39, 0.29) is 12.4 Å². The van der Waals surface area contributed by atoms with E-state index in [2.05, 4.69) is 34.3 Å². The average Bonchev–Trinajstić information content (AvgIpc) is 2.89. The normalized spacial score (nSPS) is 13.3. The summed E-state index contributed by atoms with van der Waals surface area (Å²) in [6.45, 7) is 12.9. The van der Waals surface area contributed by atoms with Crippen LogP contribution in [-0.2, 0) is 6.54 Å². The molecule has 1 heterocycles. The van der Waals surface area contributed by atoms with Gasteiger partial charge in [0, 0.05) is 48.0 Å². The molecule has 0 amide bonds. The highest BCUT2D eigenvalue weighted by atomic mass is 32.2. The zero-order valence-corrected chi connectivity index (χ0v) is 20.9. The molecule has 186 valence electrons. The Morgan fingerprint density at radius 2 is 1.80 bits per heavy atom. The van der Waals surface area contributed by atoms with Crippen molar-refractivity contribution < 1.29 is 13.2 Å². The van der Waals surface area contributed by atoms with E-state index in [4.69, 9.17) is 5.26 Å².